The lowest BCUT2D eigenvalue weighted by Gasteiger charge is -2.11. The predicted molar refractivity (Wildman–Crippen MR) is 122 cm³/mol. The van der Waals surface area contributed by atoms with E-state index in [0.29, 0.717) is 0 Å². The minimum atomic E-state index is 1.20. The molecule has 0 atom stereocenters. The van der Waals surface area contributed by atoms with Crippen LogP contribution in [0.3, 0.4) is 0 Å². The van der Waals surface area contributed by atoms with Crippen LogP contribution in [0.15, 0.2) is 102 Å². The third kappa shape index (κ3) is 2.25. The molecular formula is C26H17NS. The fraction of sp³-hybridized carbons (Fsp3) is 0. The number of rotatable bonds is 2. The minimum absolute atomic E-state index is 1.20. The van der Waals surface area contributed by atoms with Gasteiger partial charge in [-0.15, -0.1) is 11.3 Å². The molecule has 0 N–H and O–H groups in total. The van der Waals surface area contributed by atoms with Gasteiger partial charge >= 0.3 is 0 Å². The zero-order valence-electron chi connectivity index (χ0n) is 15.2. The number of aromatic nitrogens is 1. The maximum absolute atomic E-state index is 2.42. The first-order valence-corrected chi connectivity index (χ1v) is 10.3. The standard InChI is InChI=1S/C26H17NS/c1-2-7-18(8-3-1)19-9-6-10-20(17-19)27-24-12-5-4-11-21(24)22-13-14-25-23(26(22)27)15-16-28-25/h1-17H. The van der Waals surface area contributed by atoms with Crippen molar-refractivity contribution in [2.45, 2.75) is 0 Å². The fourth-order valence-corrected chi connectivity index (χ4v) is 5.02. The molecule has 28 heavy (non-hydrogen) atoms. The maximum atomic E-state index is 2.42. The Labute approximate surface area is 167 Å². The van der Waals surface area contributed by atoms with E-state index < -0.39 is 0 Å². The van der Waals surface area contributed by atoms with Crippen LogP contribution in [0.4, 0.5) is 0 Å². The van der Waals surface area contributed by atoms with E-state index in [1.807, 2.05) is 0 Å². The molecule has 0 spiro atoms. The molecule has 0 aliphatic carbocycles. The third-order valence-corrected chi connectivity index (χ3v) is 6.36. The smallest absolute Gasteiger partial charge is 0.0627 e. The van der Waals surface area contributed by atoms with Crippen LogP contribution in [0, 0.1) is 0 Å². The van der Waals surface area contributed by atoms with Crippen LogP contribution in [-0.4, -0.2) is 4.57 Å². The first kappa shape index (κ1) is 15.7. The van der Waals surface area contributed by atoms with E-state index in [0.717, 1.165) is 0 Å². The molecule has 6 aromatic rings. The molecule has 6 rings (SSSR count). The number of fused-ring (bicyclic) bond motifs is 5. The molecule has 2 heteroatoms. The SMILES string of the molecule is c1ccc(-c2cccc(-n3c4ccccc4c4ccc5sccc5c43)c2)cc1. The first-order chi connectivity index (χ1) is 13.9. The number of hydrogen-bond donors (Lipinski definition) is 0. The van der Waals surface area contributed by atoms with Gasteiger partial charge in [-0.1, -0.05) is 66.7 Å². The minimum Gasteiger partial charge on any atom is -0.309 e. The highest BCUT2D eigenvalue weighted by molar-refractivity contribution is 7.17. The highest BCUT2D eigenvalue weighted by atomic mass is 32.1. The Morgan fingerprint density at radius 1 is 0.571 bits per heavy atom. The van der Waals surface area contributed by atoms with Gasteiger partial charge in [-0.3, -0.25) is 0 Å². The van der Waals surface area contributed by atoms with Crippen molar-refractivity contribution in [1.29, 1.82) is 0 Å². The summed E-state index contributed by atoms with van der Waals surface area (Å²) in [5.74, 6) is 0. The first-order valence-electron chi connectivity index (χ1n) is 9.45. The van der Waals surface area contributed by atoms with Crippen LogP contribution in [-0.2, 0) is 0 Å². The molecule has 4 aromatic carbocycles. The van der Waals surface area contributed by atoms with Gasteiger partial charge in [0.2, 0.25) is 0 Å². The number of benzene rings is 4. The van der Waals surface area contributed by atoms with E-state index in [1.54, 1.807) is 11.3 Å². The number of para-hydroxylation sites is 1. The molecule has 0 saturated carbocycles. The molecule has 132 valence electrons. The van der Waals surface area contributed by atoms with Crippen molar-refractivity contribution in [3.8, 4) is 16.8 Å². The molecule has 2 aromatic heterocycles. The van der Waals surface area contributed by atoms with Crippen molar-refractivity contribution in [3.63, 3.8) is 0 Å². The van der Waals surface area contributed by atoms with E-state index in [2.05, 4.69) is 107 Å². The average molecular weight is 375 g/mol. The van der Waals surface area contributed by atoms with Crippen molar-refractivity contribution in [1.82, 2.24) is 4.57 Å². The highest BCUT2D eigenvalue weighted by Crippen LogP contribution is 2.38. The van der Waals surface area contributed by atoms with Crippen LogP contribution in [0.25, 0.3) is 48.7 Å². The molecule has 0 aliphatic rings. The van der Waals surface area contributed by atoms with Crippen LogP contribution in [0.1, 0.15) is 0 Å². The van der Waals surface area contributed by atoms with Crippen LogP contribution >= 0.6 is 11.3 Å². The average Bonchev–Trinajstić information content (AvgIpc) is 3.37. The van der Waals surface area contributed by atoms with Crippen molar-refractivity contribution >= 4 is 43.2 Å². The molecule has 0 amide bonds. The largest absolute Gasteiger partial charge is 0.309 e. The zero-order valence-corrected chi connectivity index (χ0v) is 16.0. The summed E-state index contributed by atoms with van der Waals surface area (Å²) in [7, 11) is 0. The van der Waals surface area contributed by atoms with Gasteiger partial charge in [0, 0.05) is 26.5 Å². The number of hydrogen-bond acceptors (Lipinski definition) is 1. The Morgan fingerprint density at radius 2 is 1.39 bits per heavy atom. The molecule has 0 radical (unpaired) electrons. The quantitative estimate of drug-likeness (QED) is 0.293. The Balaban J connectivity index is 1.73. The van der Waals surface area contributed by atoms with Crippen molar-refractivity contribution < 1.29 is 0 Å². The van der Waals surface area contributed by atoms with Gasteiger partial charge in [-0.2, -0.15) is 0 Å². The Kier molecular flexibility index (Phi) is 3.40. The van der Waals surface area contributed by atoms with E-state index in [4.69, 9.17) is 0 Å². The lowest BCUT2D eigenvalue weighted by atomic mass is 10.1. The monoisotopic (exact) mass is 375 g/mol. The summed E-state index contributed by atoms with van der Waals surface area (Å²) in [4.78, 5) is 0. The van der Waals surface area contributed by atoms with E-state index in [-0.39, 0.29) is 0 Å². The topological polar surface area (TPSA) is 4.93 Å². The number of thiophene rings is 1. The van der Waals surface area contributed by atoms with Crippen molar-refractivity contribution in [2.24, 2.45) is 0 Å². The molecule has 0 fully saturated rings. The molecule has 0 unspecified atom stereocenters. The molecule has 0 bridgehead atoms. The lowest BCUT2D eigenvalue weighted by molar-refractivity contribution is 1.19. The maximum Gasteiger partial charge on any atom is 0.0627 e. The summed E-state index contributed by atoms with van der Waals surface area (Å²) in [6.45, 7) is 0. The van der Waals surface area contributed by atoms with Gasteiger partial charge < -0.3 is 4.57 Å². The van der Waals surface area contributed by atoms with Gasteiger partial charge in [0.25, 0.3) is 0 Å². The molecular weight excluding hydrogens is 358 g/mol. The fourth-order valence-electron chi connectivity index (χ4n) is 4.23. The van der Waals surface area contributed by atoms with E-state index in [1.165, 1.54) is 48.7 Å². The summed E-state index contributed by atoms with van der Waals surface area (Å²) in [5.41, 5.74) is 6.23. The van der Waals surface area contributed by atoms with Gasteiger partial charge in [-0.25, -0.2) is 0 Å². The molecule has 0 aliphatic heterocycles. The molecule has 2 heterocycles. The van der Waals surface area contributed by atoms with Crippen molar-refractivity contribution in [3.05, 3.63) is 102 Å². The molecule has 0 saturated heterocycles. The van der Waals surface area contributed by atoms with Crippen LogP contribution in [0.5, 0.6) is 0 Å². The summed E-state index contributed by atoms with van der Waals surface area (Å²) in [6, 6.07) is 34.9. The number of nitrogens with zero attached hydrogens (tertiary/aromatic N) is 1. The Morgan fingerprint density at radius 3 is 2.32 bits per heavy atom. The predicted octanol–water partition coefficient (Wildman–Crippen LogP) is 7.67. The summed E-state index contributed by atoms with van der Waals surface area (Å²) >= 11 is 1.80. The van der Waals surface area contributed by atoms with Gasteiger partial charge in [0.05, 0.1) is 11.0 Å². The normalized spacial score (nSPS) is 11.6. The van der Waals surface area contributed by atoms with Crippen LogP contribution < -0.4 is 0 Å². The lowest BCUT2D eigenvalue weighted by Crippen LogP contribution is -1.94. The van der Waals surface area contributed by atoms with Crippen molar-refractivity contribution in [2.75, 3.05) is 0 Å². The van der Waals surface area contributed by atoms with E-state index >= 15 is 0 Å². The Bertz CT molecular complexity index is 1450. The second kappa shape index (κ2) is 6.08. The third-order valence-electron chi connectivity index (χ3n) is 5.48. The zero-order chi connectivity index (χ0) is 18.5. The summed E-state index contributed by atoms with van der Waals surface area (Å²) in [5, 5.41) is 6.12. The highest BCUT2D eigenvalue weighted by Gasteiger charge is 2.15. The van der Waals surface area contributed by atoms with E-state index in [9.17, 15) is 0 Å². The van der Waals surface area contributed by atoms with Gasteiger partial charge in [0.1, 0.15) is 0 Å². The second-order valence-corrected chi connectivity index (χ2v) is 8.01. The Hall–Kier alpha value is -3.36. The summed E-state index contributed by atoms with van der Waals surface area (Å²) in [6.07, 6.45) is 0. The van der Waals surface area contributed by atoms with Gasteiger partial charge in [0.15, 0.2) is 0 Å². The van der Waals surface area contributed by atoms with Crippen LogP contribution in [0.2, 0.25) is 0 Å². The summed E-state index contributed by atoms with van der Waals surface area (Å²) < 4.78 is 3.75. The molecule has 1 nitrogen and oxygen atoms in total. The second-order valence-electron chi connectivity index (χ2n) is 7.06. The van der Waals surface area contributed by atoms with Gasteiger partial charge in [-0.05, 0) is 46.8 Å².